The van der Waals surface area contributed by atoms with E-state index in [4.69, 9.17) is 0 Å². The van der Waals surface area contributed by atoms with Gasteiger partial charge in [0.25, 0.3) is 0 Å². The van der Waals surface area contributed by atoms with Gasteiger partial charge in [0.15, 0.2) is 5.65 Å². The molecule has 4 aromatic rings. The molecule has 1 N–H and O–H groups in total. The highest BCUT2D eigenvalue weighted by molar-refractivity contribution is 5.92. The van der Waals surface area contributed by atoms with E-state index in [0.29, 0.717) is 6.54 Å². The average Bonchev–Trinajstić information content (AvgIpc) is 3.24. The molecule has 4 rings (SSSR count). The predicted octanol–water partition coefficient (Wildman–Crippen LogP) is 3.12. The molecule has 0 aliphatic rings. The summed E-state index contributed by atoms with van der Waals surface area (Å²) in [6.45, 7) is 0.549. The number of benzene rings is 1. The molecule has 3 heterocycles. The summed E-state index contributed by atoms with van der Waals surface area (Å²) in [4.78, 5) is 18.4. The zero-order valence-corrected chi connectivity index (χ0v) is 14.7. The molecule has 0 saturated heterocycles. The lowest BCUT2D eigenvalue weighted by Gasteiger charge is -2.15. The van der Waals surface area contributed by atoms with Gasteiger partial charge in [0.05, 0.1) is 12.7 Å². The molecule has 0 aliphatic heterocycles. The molecule has 0 saturated carbocycles. The second-order valence-corrected chi connectivity index (χ2v) is 6.36. The minimum atomic E-state index is -0.0532. The first-order chi connectivity index (χ1) is 12.6. The summed E-state index contributed by atoms with van der Waals surface area (Å²) in [6.07, 6.45) is 6.78. The number of nitrogens with one attached hydrogen (secondary N) is 1. The van der Waals surface area contributed by atoms with Crippen LogP contribution < -0.4 is 0 Å². The number of hydrogen-bond acceptors (Lipinski definition) is 3. The topological polar surface area (TPSA) is 66.8 Å². The first-order valence-electron chi connectivity index (χ1n) is 8.37. The number of H-pyrrole nitrogens is 1. The number of nitrogens with zero attached hydrogens (tertiary/aromatic N) is 4. The quantitative estimate of drug-likeness (QED) is 0.578. The molecular weight excluding hydrogens is 326 g/mol. The number of pyridine rings is 1. The number of carbonyl (C=O) groups excluding carboxylic acids is 1. The van der Waals surface area contributed by atoms with Crippen molar-refractivity contribution in [1.82, 2.24) is 24.6 Å². The summed E-state index contributed by atoms with van der Waals surface area (Å²) in [5, 5.41) is 8.86. The first-order valence-corrected chi connectivity index (χ1v) is 8.37. The zero-order chi connectivity index (χ0) is 18.1. The van der Waals surface area contributed by atoms with E-state index in [9.17, 15) is 4.79 Å². The molecule has 0 spiro atoms. The van der Waals surface area contributed by atoms with Crippen molar-refractivity contribution >= 4 is 33.9 Å². The Morgan fingerprint density at radius 2 is 2.08 bits per heavy atom. The van der Waals surface area contributed by atoms with E-state index < -0.39 is 0 Å². The second-order valence-electron chi connectivity index (χ2n) is 6.36. The highest BCUT2D eigenvalue weighted by Crippen LogP contribution is 2.19. The largest absolute Gasteiger partial charge is 0.346 e. The van der Waals surface area contributed by atoms with Gasteiger partial charge in [0.1, 0.15) is 0 Å². The monoisotopic (exact) mass is 345 g/mol. The number of aromatic amines is 1. The number of aryl methyl sites for hydroxylation is 1. The van der Waals surface area contributed by atoms with Gasteiger partial charge in [-0.25, -0.2) is 4.98 Å². The fourth-order valence-corrected chi connectivity index (χ4v) is 3.06. The van der Waals surface area contributed by atoms with Crippen LogP contribution in [0.1, 0.15) is 11.3 Å². The zero-order valence-electron chi connectivity index (χ0n) is 14.7. The lowest BCUT2D eigenvalue weighted by Crippen LogP contribution is -2.25. The van der Waals surface area contributed by atoms with E-state index in [2.05, 4.69) is 37.9 Å². The highest BCUT2D eigenvalue weighted by Gasteiger charge is 2.10. The Balaban J connectivity index is 1.49. The Hall–Kier alpha value is -3.41. The number of amides is 1. The Kier molecular flexibility index (Phi) is 4.01. The standard InChI is InChI=1S/C20H19N5O/c1-24(13-17-10-15-5-3-4-6-18(15)25(17)2)19(26)8-7-14-9-16-12-22-23-20(16)21-11-14/h3-12H,13H2,1-2H3,(H,21,22,23). The van der Waals surface area contributed by atoms with Crippen LogP contribution in [0.15, 0.2) is 54.9 Å². The summed E-state index contributed by atoms with van der Waals surface area (Å²) < 4.78 is 2.12. The fourth-order valence-electron chi connectivity index (χ4n) is 3.06. The third-order valence-corrected chi connectivity index (χ3v) is 4.56. The van der Waals surface area contributed by atoms with Crippen molar-refractivity contribution < 1.29 is 4.79 Å². The minimum absolute atomic E-state index is 0.0532. The smallest absolute Gasteiger partial charge is 0.246 e. The molecule has 1 amide bonds. The van der Waals surface area contributed by atoms with E-state index in [1.165, 1.54) is 10.9 Å². The van der Waals surface area contributed by atoms with Crippen molar-refractivity contribution in [2.75, 3.05) is 7.05 Å². The summed E-state index contributed by atoms with van der Waals surface area (Å²) in [5.74, 6) is -0.0532. The van der Waals surface area contributed by atoms with Crippen LogP contribution in [0.3, 0.4) is 0 Å². The number of carbonyl (C=O) groups is 1. The van der Waals surface area contributed by atoms with Crippen LogP contribution in [-0.2, 0) is 18.4 Å². The summed E-state index contributed by atoms with van der Waals surface area (Å²) in [5.41, 5.74) is 3.86. The maximum absolute atomic E-state index is 12.5. The van der Waals surface area contributed by atoms with Gasteiger partial charge >= 0.3 is 0 Å². The molecule has 6 nitrogen and oxygen atoms in total. The van der Waals surface area contributed by atoms with Gasteiger partial charge in [-0.05, 0) is 35.2 Å². The van der Waals surface area contributed by atoms with Gasteiger partial charge in [-0.3, -0.25) is 9.89 Å². The molecular formula is C20H19N5O. The van der Waals surface area contributed by atoms with Crippen LogP contribution in [-0.4, -0.2) is 37.6 Å². The highest BCUT2D eigenvalue weighted by atomic mass is 16.2. The number of rotatable bonds is 4. The SMILES string of the molecule is CN(Cc1cc2ccccc2n1C)C(=O)C=Cc1cnc2[nH]ncc2c1. The molecule has 6 heteroatoms. The summed E-state index contributed by atoms with van der Waals surface area (Å²) in [7, 11) is 3.83. The Labute approximate surface area is 150 Å². The molecule has 0 fully saturated rings. The Bertz CT molecular complexity index is 1120. The van der Waals surface area contributed by atoms with Crippen LogP contribution in [0.5, 0.6) is 0 Å². The molecule has 0 atom stereocenters. The number of para-hydroxylation sites is 1. The van der Waals surface area contributed by atoms with Crippen molar-refractivity contribution in [2.24, 2.45) is 7.05 Å². The molecule has 0 radical (unpaired) electrons. The lowest BCUT2D eigenvalue weighted by atomic mass is 10.2. The molecule has 0 unspecified atom stereocenters. The maximum Gasteiger partial charge on any atom is 0.246 e. The van der Waals surface area contributed by atoms with Crippen LogP contribution in [0.2, 0.25) is 0 Å². The third-order valence-electron chi connectivity index (χ3n) is 4.56. The van der Waals surface area contributed by atoms with Crippen molar-refractivity contribution in [2.45, 2.75) is 6.54 Å². The summed E-state index contributed by atoms with van der Waals surface area (Å²) >= 11 is 0. The third kappa shape index (κ3) is 2.97. The van der Waals surface area contributed by atoms with E-state index in [1.54, 1.807) is 29.4 Å². The van der Waals surface area contributed by atoms with Crippen molar-refractivity contribution in [3.05, 3.63) is 66.1 Å². The van der Waals surface area contributed by atoms with Gasteiger partial charge in [0.2, 0.25) is 5.91 Å². The van der Waals surface area contributed by atoms with Gasteiger partial charge in [-0.2, -0.15) is 5.10 Å². The average molecular weight is 345 g/mol. The minimum Gasteiger partial charge on any atom is -0.346 e. The number of hydrogen-bond donors (Lipinski definition) is 1. The van der Waals surface area contributed by atoms with Gasteiger partial charge in [-0.1, -0.05) is 18.2 Å². The van der Waals surface area contributed by atoms with Crippen LogP contribution in [0.25, 0.3) is 28.0 Å². The number of likely N-dealkylation sites (N-methyl/N-ethyl adjacent to an activating group) is 1. The van der Waals surface area contributed by atoms with Crippen LogP contribution >= 0.6 is 0 Å². The van der Waals surface area contributed by atoms with Gasteiger partial charge < -0.3 is 9.47 Å². The van der Waals surface area contributed by atoms with Gasteiger partial charge in [-0.15, -0.1) is 0 Å². The van der Waals surface area contributed by atoms with E-state index in [-0.39, 0.29) is 5.91 Å². The summed E-state index contributed by atoms with van der Waals surface area (Å²) in [6, 6.07) is 12.3. The number of aromatic nitrogens is 4. The van der Waals surface area contributed by atoms with Gasteiger partial charge in [0, 0.05) is 43.0 Å². The van der Waals surface area contributed by atoms with Crippen molar-refractivity contribution in [1.29, 1.82) is 0 Å². The van der Waals surface area contributed by atoms with E-state index in [1.807, 2.05) is 32.3 Å². The molecule has 1 aromatic carbocycles. The Morgan fingerprint density at radius 1 is 1.23 bits per heavy atom. The molecule has 0 aliphatic carbocycles. The van der Waals surface area contributed by atoms with Crippen LogP contribution in [0.4, 0.5) is 0 Å². The van der Waals surface area contributed by atoms with Crippen LogP contribution in [0, 0.1) is 0 Å². The second kappa shape index (κ2) is 6.48. The number of fused-ring (bicyclic) bond motifs is 2. The van der Waals surface area contributed by atoms with E-state index >= 15 is 0 Å². The van der Waals surface area contributed by atoms with Crippen molar-refractivity contribution in [3.8, 4) is 0 Å². The molecule has 26 heavy (non-hydrogen) atoms. The normalized spacial score (nSPS) is 11.6. The first kappa shape index (κ1) is 16.1. The molecule has 3 aromatic heterocycles. The van der Waals surface area contributed by atoms with E-state index in [0.717, 1.165) is 22.3 Å². The fraction of sp³-hybridized carbons (Fsp3) is 0.150. The van der Waals surface area contributed by atoms with Crippen molar-refractivity contribution in [3.63, 3.8) is 0 Å². The predicted molar refractivity (Wildman–Crippen MR) is 102 cm³/mol. The lowest BCUT2D eigenvalue weighted by molar-refractivity contribution is -0.125. The molecule has 0 bridgehead atoms. The Morgan fingerprint density at radius 3 is 2.92 bits per heavy atom. The maximum atomic E-state index is 12.5. The molecule has 130 valence electrons.